The third-order valence-corrected chi connectivity index (χ3v) is 6.99. The maximum Gasteiger partial charge on any atom is 0.407 e. The van der Waals surface area contributed by atoms with E-state index < -0.39 is 18.0 Å². The molecule has 0 aromatic heterocycles. The molecule has 0 spiro atoms. The first kappa shape index (κ1) is 23.8. The number of ether oxygens (including phenoxy) is 1. The van der Waals surface area contributed by atoms with Gasteiger partial charge >= 0.3 is 12.1 Å². The molecule has 2 amide bonds. The Morgan fingerprint density at radius 1 is 1.06 bits per heavy atom. The van der Waals surface area contributed by atoms with Crippen LogP contribution in [0.5, 0.6) is 0 Å². The van der Waals surface area contributed by atoms with Crippen molar-refractivity contribution in [2.24, 2.45) is 11.8 Å². The fraction of sp³-hybridized carbons (Fsp3) is 0.444. The fourth-order valence-corrected chi connectivity index (χ4v) is 4.93. The summed E-state index contributed by atoms with van der Waals surface area (Å²) in [6.07, 6.45) is 1.95. The molecule has 2 unspecified atom stereocenters. The van der Waals surface area contributed by atoms with E-state index in [2.05, 4.69) is 36.5 Å². The van der Waals surface area contributed by atoms with E-state index in [1.165, 1.54) is 22.3 Å². The highest BCUT2D eigenvalue weighted by molar-refractivity contribution is 5.79. The number of rotatable bonds is 9. The van der Waals surface area contributed by atoms with Crippen molar-refractivity contribution in [1.82, 2.24) is 10.2 Å². The van der Waals surface area contributed by atoms with E-state index in [0.29, 0.717) is 38.9 Å². The van der Waals surface area contributed by atoms with Crippen LogP contribution in [0.15, 0.2) is 48.5 Å². The molecule has 0 saturated carbocycles. The highest BCUT2D eigenvalue weighted by atomic mass is 16.5. The summed E-state index contributed by atoms with van der Waals surface area (Å²) in [6.45, 7) is 3.66. The van der Waals surface area contributed by atoms with E-state index in [0.717, 1.165) is 6.42 Å². The number of alkyl carbamates (subject to hydrolysis) is 1. The lowest BCUT2D eigenvalue weighted by molar-refractivity contribution is -0.141. The van der Waals surface area contributed by atoms with Gasteiger partial charge in [0.2, 0.25) is 5.91 Å². The average molecular weight is 465 g/mol. The van der Waals surface area contributed by atoms with Crippen LogP contribution in [0.4, 0.5) is 4.79 Å². The summed E-state index contributed by atoms with van der Waals surface area (Å²) in [5.41, 5.74) is 4.76. The first-order valence-electron chi connectivity index (χ1n) is 12.0. The molecule has 2 aromatic rings. The first-order valence-corrected chi connectivity index (χ1v) is 12.0. The Hall–Kier alpha value is -3.35. The Morgan fingerprint density at radius 2 is 1.71 bits per heavy atom. The van der Waals surface area contributed by atoms with Crippen LogP contribution >= 0.6 is 0 Å². The van der Waals surface area contributed by atoms with Gasteiger partial charge in [-0.1, -0.05) is 55.5 Å². The molecule has 1 fully saturated rings. The maximum atomic E-state index is 12.3. The van der Waals surface area contributed by atoms with Crippen molar-refractivity contribution < 1.29 is 24.2 Å². The zero-order valence-electron chi connectivity index (χ0n) is 19.5. The molecule has 34 heavy (non-hydrogen) atoms. The van der Waals surface area contributed by atoms with Crippen LogP contribution in [-0.2, 0) is 14.3 Å². The number of carboxylic acid groups (broad SMARTS) is 1. The van der Waals surface area contributed by atoms with Crippen molar-refractivity contribution >= 4 is 18.0 Å². The topological polar surface area (TPSA) is 95.9 Å². The molecule has 1 heterocycles. The monoisotopic (exact) mass is 464 g/mol. The number of hydrogen-bond donors (Lipinski definition) is 2. The standard InChI is InChI=1S/C27H32N2O5/c1-18(10-11-25(30)29-15-13-19(16-29)26(31)32)12-14-28-27(33)34-17-24-22-8-4-2-6-20(22)21-7-3-5-9-23(21)24/h2-9,18-19,24H,10-17H2,1H3,(H,28,33)(H,31,32). The average Bonchev–Trinajstić information content (AvgIpc) is 3.45. The number of aliphatic carboxylic acids is 1. The van der Waals surface area contributed by atoms with Gasteiger partial charge in [0, 0.05) is 32.0 Å². The molecule has 180 valence electrons. The van der Waals surface area contributed by atoms with Crippen molar-refractivity contribution in [3.05, 3.63) is 59.7 Å². The highest BCUT2D eigenvalue weighted by Crippen LogP contribution is 2.44. The number of carbonyl (C=O) groups excluding carboxylic acids is 2. The van der Waals surface area contributed by atoms with E-state index >= 15 is 0 Å². The number of carbonyl (C=O) groups is 3. The van der Waals surface area contributed by atoms with E-state index in [4.69, 9.17) is 9.84 Å². The van der Waals surface area contributed by atoms with Crippen LogP contribution < -0.4 is 5.32 Å². The van der Waals surface area contributed by atoms with E-state index in [1.54, 1.807) is 4.90 Å². The Labute approximate surface area is 200 Å². The van der Waals surface area contributed by atoms with Crippen LogP contribution in [0.3, 0.4) is 0 Å². The van der Waals surface area contributed by atoms with E-state index in [1.807, 2.05) is 24.3 Å². The van der Waals surface area contributed by atoms with Crippen LogP contribution in [0.2, 0.25) is 0 Å². The molecule has 0 bridgehead atoms. The molecular weight excluding hydrogens is 432 g/mol. The highest BCUT2D eigenvalue weighted by Gasteiger charge is 2.31. The summed E-state index contributed by atoms with van der Waals surface area (Å²) in [7, 11) is 0. The van der Waals surface area contributed by atoms with Crippen LogP contribution in [0, 0.1) is 11.8 Å². The maximum absolute atomic E-state index is 12.3. The number of fused-ring (bicyclic) bond motifs is 3. The summed E-state index contributed by atoms with van der Waals surface area (Å²) in [4.78, 5) is 37.3. The lowest BCUT2D eigenvalue weighted by Gasteiger charge is -2.18. The van der Waals surface area contributed by atoms with Crippen LogP contribution in [-0.4, -0.2) is 54.2 Å². The third-order valence-electron chi connectivity index (χ3n) is 6.99. The van der Waals surface area contributed by atoms with Gasteiger partial charge < -0.3 is 20.1 Å². The van der Waals surface area contributed by atoms with Gasteiger partial charge in [-0.25, -0.2) is 4.79 Å². The minimum Gasteiger partial charge on any atom is -0.481 e. The molecule has 7 nitrogen and oxygen atoms in total. The summed E-state index contributed by atoms with van der Waals surface area (Å²) in [5, 5.41) is 11.9. The molecule has 2 atom stereocenters. The fourth-order valence-electron chi connectivity index (χ4n) is 4.93. The van der Waals surface area contributed by atoms with Gasteiger partial charge in [-0.3, -0.25) is 9.59 Å². The first-order chi connectivity index (χ1) is 16.4. The number of carboxylic acids is 1. The molecular formula is C27H32N2O5. The molecule has 2 aromatic carbocycles. The number of nitrogens with zero attached hydrogens (tertiary/aromatic N) is 1. The largest absolute Gasteiger partial charge is 0.481 e. The van der Waals surface area contributed by atoms with E-state index in [9.17, 15) is 14.4 Å². The van der Waals surface area contributed by atoms with Crippen LogP contribution in [0.1, 0.15) is 49.7 Å². The van der Waals surface area contributed by atoms with Gasteiger partial charge in [0.15, 0.2) is 0 Å². The molecule has 2 aliphatic rings. The number of amides is 2. The van der Waals surface area contributed by atoms with Crippen LogP contribution in [0.25, 0.3) is 11.1 Å². The zero-order chi connectivity index (χ0) is 24.1. The number of hydrogen-bond acceptors (Lipinski definition) is 4. The van der Waals surface area contributed by atoms with Gasteiger partial charge in [-0.2, -0.15) is 0 Å². The summed E-state index contributed by atoms with van der Waals surface area (Å²) < 4.78 is 5.56. The van der Waals surface area contributed by atoms with E-state index in [-0.39, 0.29) is 24.3 Å². The van der Waals surface area contributed by atoms with Gasteiger partial charge in [-0.15, -0.1) is 0 Å². The molecule has 1 aliphatic carbocycles. The quantitative estimate of drug-likeness (QED) is 0.578. The Bertz CT molecular complexity index is 1010. The second kappa shape index (κ2) is 10.7. The van der Waals surface area contributed by atoms with Crippen molar-refractivity contribution in [1.29, 1.82) is 0 Å². The van der Waals surface area contributed by atoms with Crippen molar-refractivity contribution in [3.63, 3.8) is 0 Å². The Balaban J connectivity index is 1.16. The Kier molecular flexibility index (Phi) is 7.50. The minimum atomic E-state index is -0.831. The lowest BCUT2D eigenvalue weighted by atomic mass is 9.98. The second-order valence-corrected chi connectivity index (χ2v) is 9.35. The molecule has 2 N–H and O–H groups in total. The predicted octanol–water partition coefficient (Wildman–Crippen LogP) is 4.26. The molecule has 0 radical (unpaired) electrons. The molecule has 1 saturated heterocycles. The van der Waals surface area contributed by atoms with Gasteiger partial charge in [0.25, 0.3) is 0 Å². The summed E-state index contributed by atoms with van der Waals surface area (Å²) in [5.74, 6) is -0.962. The number of nitrogens with one attached hydrogen (secondary N) is 1. The van der Waals surface area contributed by atoms with Crippen molar-refractivity contribution in [3.8, 4) is 11.1 Å². The number of likely N-dealkylation sites (tertiary alicyclic amines) is 1. The van der Waals surface area contributed by atoms with Gasteiger partial charge in [0.05, 0.1) is 5.92 Å². The summed E-state index contributed by atoms with van der Waals surface area (Å²) in [6, 6.07) is 16.5. The number of benzene rings is 2. The third kappa shape index (κ3) is 5.41. The smallest absolute Gasteiger partial charge is 0.407 e. The van der Waals surface area contributed by atoms with Gasteiger partial charge in [0.1, 0.15) is 6.61 Å². The SMILES string of the molecule is CC(CCNC(=O)OCC1c2ccccc2-c2ccccc21)CCC(=O)N1CCC(C(=O)O)C1. The zero-order valence-corrected chi connectivity index (χ0v) is 19.5. The molecule has 4 rings (SSSR count). The minimum absolute atomic E-state index is 0.0140. The van der Waals surface area contributed by atoms with Crippen molar-refractivity contribution in [2.75, 3.05) is 26.2 Å². The molecule has 7 heteroatoms. The van der Waals surface area contributed by atoms with Gasteiger partial charge in [-0.05, 0) is 47.4 Å². The second-order valence-electron chi connectivity index (χ2n) is 9.35. The van der Waals surface area contributed by atoms with Crippen molar-refractivity contribution in [2.45, 2.75) is 38.5 Å². The normalized spacial score (nSPS) is 17.7. The lowest BCUT2D eigenvalue weighted by Crippen LogP contribution is -2.30. The predicted molar refractivity (Wildman–Crippen MR) is 128 cm³/mol. The molecule has 1 aliphatic heterocycles. The Morgan fingerprint density at radius 3 is 2.32 bits per heavy atom. The summed E-state index contributed by atoms with van der Waals surface area (Å²) >= 11 is 0.